The van der Waals surface area contributed by atoms with Crippen LogP contribution in [0.25, 0.3) is 16.2 Å². The van der Waals surface area contributed by atoms with E-state index in [9.17, 15) is 5.11 Å². The smallest absolute Gasteiger partial charge is 0.194 e. The van der Waals surface area contributed by atoms with Crippen molar-refractivity contribution < 1.29 is 5.11 Å². The standard InChI is InChI=1S/C18H22N2OS/c1-2-3-4-5-6-7-16-12-20-13-17(19-18(20)22-16)14-8-10-15(21)11-9-14/h8-13,21H,2-7H2,1H3. The second-order valence-electron chi connectivity index (χ2n) is 5.72. The molecule has 3 rings (SSSR count). The minimum Gasteiger partial charge on any atom is -0.508 e. The summed E-state index contributed by atoms with van der Waals surface area (Å²) >= 11 is 1.78. The highest BCUT2D eigenvalue weighted by molar-refractivity contribution is 7.17. The van der Waals surface area contributed by atoms with Crippen molar-refractivity contribution >= 4 is 16.3 Å². The summed E-state index contributed by atoms with van der Waals surface area (Å²) in [6.07, 6.45) is 12.0. The molecule has 0 fully saturated rings. The van der Waals surface area contributed by atoms with Crippen LogP contribution in [-0.4, -0.2) is 14.5 Å². The van der Waals surface area contributed by atoms with Gasteiger partial charge in [-0.15, -0.1) is 11.3 Å². The fourth-order valence-corrected chi connectivity index (χ4v) is 3.63. The lowest BCUT2D eigenvalue weighted by Gasteiger charge is -1.98. The summed E-state index contributed by atoms with van der Waals surface area (Å²) in [6.45, 7) is 2.25. The molecule has 3 aromatic rings. The summed E-state index contributed by atoms with van der Waals surface area (Å²) in [5.41, 5.74) is 2.00. The topological polar surface area (TPSA) is 37.5 Å². The van der Waals surface area contributed by atoms with Gasteiger partial charge in [0.2, 0.25) is 0 Å². The number of unbranched alkanes of at least 4 members (excludes halogenated alkanes) is 4. The van der Waals surface area contributed by atoms with Crippen LogP contribution < -0.4 is 0 Å². The minimum atomic E-state index is 0.287. The highest BCUT2D eigenvalue weighted by Crippen LogP contribution is 2.26. The number of hydrogen-bond acceptors (Lipinski definition) is 3. The van der Waals surface area contributed by atoms with Crippen molar-refractivity contribution in [1.82, 2.24) is 9.38 Å². The molecule has 0 atom stereocenters. The van der Waals surface area contributed by atoms with Gasteiger partial charge in [0.15, 0.2) is 4.96 Å². The van der Waals surface area contributed by atoms with E-state index in [2.05, 4.69) is 23.7 Å². The van der Waals surface area contributed by atoms with Crippen molar-refractivity contribution in [2.24, 2.45) is 0 Å². The number of imidazole rings is 1. The maximum Gasteiger partial charge on any atom is 0.194 e. The van der Waals surface area contributed by atoms with Gasteiger partial charge in [0.05, 0.1) is 5.69 Å². The number of aromatic hydroxyl groups is 1. The summed E-state index contributed by atoms with van der Waals surface area (Å²) in [4.78, 5) is 7.15. The van der Waals surface area contributed by atoms with Gasteiger partial charge in [0.1, 0.15) is 5.75 Å². The molecule has 0 aliphatic carbocycles. The van der Waals surface area contributed by atoms with Crippen LogP contribution in [0.3, 0.4) is 0 Å². The summed E-state index contributed by atoms with van der Waals surface area (Å²) < 4.78 is 2.12. The van der Waals surface area contributed by atoms with Crippen molar-refractivity contribution in [3.63, 3.8) is 0 Å². The zero-order chi connectivity index (χ0) is 15.4. The second kappa shape index (κ2) is 6.97. The SMILES string of the molecule is CCCCCCCc1cn2cc(-c3ccc(O)cc3)nc2s1. The number of rotatable bonds is 7. The second-order valence-corrected chi connectivity index (χ2v) is 6.82. The first-order valence-electron chi connectivity index (χ1n) is 8.03. The van der Waals surface area contributed by atoms with Gasteiger partial charge < -0.3 is 5.11 Å². The fourth-order valence-electron chi connectivity index (χ4n) is 2.63. The molecule has 116 valence electrons. The third-order valence-corrected chi connectivity index (χ3v) is 4.95. The molecule has 0 bridgehead atoms. The van der Waals surface area contributed by atoms with E-state index in [1.807, 2.05) is 12.1 Å². The molecule has 0 aliphatic rings. The van der Waals surface area contributed by atoms with Gasteiger partial charge in [0, 0.05) is 22.8 Å². The first-order chi connectivity index (χ1) is 10.8. The molecular weight excluding hydrogens is 292 g/mol. The van der Waals surface area contributed by atoms with Gasteiger partial charge in [-0.1, -0.05) is 32.6 Å². The Morgan fingerprint density at radius 3 is 2.55 bits per heavy atom. The van der Waals surface area contributed by atoms with Gasteiger partial charge in [-0.2, -0.15) is 0 Å². The molecule has 0 saturated heterocycles. The molecule has 0 unspecified atom stereocenters. The number of phenols is 1. The number of benzene rings is 1. The molecule has 0 radical (unpaired) electrons. The third kappa shape index (κ3) is 3.50. The number of hydrogen-bond donors (Lipinski definition) is 1. The monoisotopic (exact) mass is 314 g/mol. The predicted octanol–water partition coefficient (Wildman–Crippen LogP) is 5.28. The van der Waals surface area contributed by atoms with Crippen LogP contribution in [0.15, 0.2) is 36.7 Å². The number of aryl methyl sites for hydroxylation is 1. The molecule has 0 aliphatic heterocycles. The average Bonchev–Trinajstić information content (AvgIpc) is 3.06. The molecule has 0 saturated carbocycles. The molecule has 2 aromatic heterocycles. The number of thiazole rings is 1. The Kier molecular flexibility index (Phi) is 4.78. The van der Waals surface area contributed by atoms with E-state index in [0.29, 0.717) is 0 Å². The van der Waals surface area contributed by atoms with E-state index in [-0.39, 0.29) is 5.75 Å². The van der Waals surface area contributed by atoms with Gasteiger partial charge in [-0.05, 0) is 37.1 Å². The minimum absolute atomic E-state index is 0.287. The molecule has 3 nitrogen and oxygen atoms in total. The number of nitrogens with zero attached hydrogens (tertiary/aromatic N) is 2. The van der Waals surface area contributed by atoms with Gasteiger partial charge in [0.25, 0.3) is 0 Å². The first kappa shape index (κ1) is 15.1. The molecule has 1 N–H and O–H groups in total. The summed E-state index contributed by atoms with van der Waals surface area (Å²) in [7, 11) is 0. The van der Waals surface area contributed by atoms with Crippen LogP contribution in [0.1, 0.15) is 43.9 Å². The van der Waals surface area contributed by atoms with Crippen LogP contribution >= 0.6 is 11.3 Å². The van der Waals surface area contributed by atoms with Gasteiger partial charge >= 0.3 is 0 Å². The molecule has 0 spiro atoms. The van der Waals surface area contributed by atoms with Gasteiger partial charge in [-0.25, -0.2) is 4.98 Å². The van der Waals surface area contributed by atoms with Gasteiger partial charge in [-0.3, -0.25) is 4.40 Å². The number of phenolic OH excluding ortho intramolecular Hbond substituents is 1. The summed E-state index contributed by atoms with van der Waals surface area (Å²) in [5, 5.41) is 9.35. The van der Waals surface area contributed by atoms with E-state index in [1.54, 1.807) is 23.5 Å². The van der Waals surface area contributed by atoms with Crippen LogP contribution in [0.4, 0.5) is 0 Å². The first-order valence-corrected chi connectivity index (χ1v) is 8.84. The average molecular weight is 314 g/mol. The Bertz CT molecular complexity index is 696. The van der Waals surface area contributed by atoms with E-state index in [4.69, 9.17) is 4.98 Å². The molecular formula is C18H22N2OS. The largest absolute Gasteiger partial charge is 0.508 e. The maximum atomic E-state index is 9.35. The Morgan fingerprint density at radius 1 is 1.05 bits per heavy atom. The Labute approximate surface area is 135 Å². The Balaban J connectivity index is 1.65. The third-order valence-electron chi connectivity index (χ3n) is 3.89. The fraction of sp³-hybridized carbons (Fsp3) is 0.389. The Morgan fingerprint density at radius 2 is 1.82 bits per heavy atom. The normalized spacial score (nSPS) is 11.3. The predicted molar refractivity (Wildman–Crippen MR) is 92.6 cm³/mol. The van der Waals surface area contributed by atoms with Crippen LogP contribution in [0, 0.1) is 0 Å². The zero-order valence-electron chi connectivity index (χ0n) is 13.0. The van der Waals surface area contributed by atoms with Crippen LogP contribution in [0.5, 0.6) is 5.75 Å². The molecule has 2 heterocycles. The number of fused-ring (bicyclic) bond motifs is 1. The quantitative estimate of drug-likeness (QED) is 0.602. The lowest BCUT2D eigenvalue weighted by Crippen LogP contribution is -1.83. The van der Waals surface area contributed by atoms with Crippen molar-refractivity contribution in [2.45, 2.75) is 45.4 Å². The molecule has 4 heteroatoms. The van der Waals surface area contributed by atoms with Crippen molar-refractivity contribution in [3.05, 3.63) is 41.5 Å². The molecule has 22 heavy (non-hydrogen) atoms. The van der Waals surface area contributed by atoms with E-state index in [1.165, 1.54) is 37.0 Å². The van der Waals surface area contributed by atoms with Crippen LogP contribution in [-0.2, 0) is 6.42 Å². The van der Waals surface area contributed by atoms with Crippen molar-refractivity contribution in [3.8, 4) is 17.0 Å². The van der Waals surface area contributed by atoms with Crippen molar-refractivity contribution in [2.75, 3.05) is 0 Å². The zero-order valence-corrected chi connectivity index (χ0v) is 13.8. The van der Waals surface area contributed by atoms with E-state index >= 15 is 0 Å². The summed E-state index contributed by atoms with van der Waals surface area (Å²) in [5.74, 6) is 0.287. The lowest BCUT2D eigenvalue weighted by molar-refractivity contribution is 0.475. The summed E-state index contributed by atoms with van der Waals surface area (Å²) in [6, 6.07) is 7.20. The lowest BCUT2D eigenvalue weighted by atomic mass is 10.1. The highest BCUT2D eigenvalue weighted by Gasteiger charge is 2.08. The van der Waals surface area contributed by atoms with Crippen molar-refractivity contribution in [1.29, 1.82) is 0 Å². The van der Waals surface area contributed by atoms with E-state index in [0.717, 1.165) is 22.6 Å². The Hall–Kier alpha value is -1.81. The molecule has 0 amide bonds. The maximum absolute atomic E-state index is 9.35. The molecule has 1 aromatic carbocycles. The highest BCUT2D eigenvalue weighted by atomic mass is 32.1. The van der Waals surface area contributed by atoms with E-state index < -0.39 is 0 Å². The van der Waals surface area contributed by atoms with Crippen LogP contribution in [0.2, 0.25) is 0 Å². The number of aromatic nitrogens is 2.